The number of aromatic nitrogens is 1. The lowest BCUT2D eigenvalue weighted by Crippen LogP contribution is -2.36. The molecule has 1 aliphatic rings. The number of nitrogens with zero attached hydrogens (tertiary/aromatic N) is 1. The smallest absolute Gasteiger partial charge is 0.352 e. The molecule has 1 aromatic heterocycles. The Morgan fingerprint density at radius 2 is 2.14 bits per heavy atom. The average molecular weight is 354 g/mol. The molecule has 2 rings (SSSR count). The lowest BCUT2D eigenvalue weighted by molar-refractivity contribution is -0.137. The maximum absolute atomic E-state index is 12.4. The molecule has 1 aromatic rings. The van der Waals surface area contributed by atoms with Crippen molar-refractivity contribution in [3.8, 4) is 0 Å². The van der Waals surface area contributed by atoms with Gasteiger partial charge in [0.25, 0.3) is 0 Å². The van der Waals surface area contributed by atoms with E-state index in [0.717, 1.165) is 17.8 Å². The van der Waals surface area contributed by atoms with Crippen LogP contribution in [0.5, 0.6) is 0 Å². The van der Waals surface area contributed by atoms with Gasteiger partial charge in [0, 0.05) is 12.2 Å². The molecule has 2 heterocycles. The van der Waals surface area contributed by atoms with Gasteiger partial charge in [0.1, 0.15) is 0 Å². The van der Waals surface area contributed by atoms with E-state index in [1.165, 1.54) is 6.07 Å². The minimum atomic E-state index is -4.44. The van der Waals surface area contributed by atoms with Gasteiger partial charge >= 0.3 is 6.18 Å². The molecule has 0 bridgehead atoms. The van der Waals surface area contributed by atoms with Gasteiger partial charge in [0.15, 0.2) is 9.84 Å². The second-order valence-electron chi connectivity index (χ2n) is 4.84. The predicted octanol–water partition coefficient (Wildman–Crippen LogP) is 1.50. The molecule has 0 aromatic carbocycles. The quantitative estimate of drug-likeness (QED) is 0.829. The standard InChI is InChI=1S/C12H13F3N2O3S2/c13-12(14,15)8-1-2-11(16-5-8)21-6-10(18)17-9-3-4-22(19,20)7-9/h1-2,5,9H,3-4,6-7H2,(H,17,18). The van der Waals surface area contributed by atoms with Crippen molar-refractivity contribution in [2.75, 3.05) is 17.3 Å². The first kappa shape index (κ1) is 17.1. The van der Waals surface area contributed by atoms with E-state index in [1.54, 1.807) is 0 Å². The molecule has 1 N–H and O–H groups in total. The van der Waals surface area contributed by atoms with Gasteiger partial charge in [-0.05, 0) is 18.6 Å². The number of carbonyl (C=O) groups is 1. The Kier molecular flexibility index (Phi) is 5.00. The van der Waals surface area contributed by atoms with Crippen LogP contribution in [0.1, 0.15) is 12.0 Å². The zero-order chi connectivity index (χ0) is 16.4. The van der Waals surface area contributed by atoms with Crippen molar-refractivity contribution < 1.29 is 26.4 Å². The van der Waals surface area contributed by atoms with Crippen LogP contribution in [0.25, 0.3) is 0 Å². The summed E-state index contributed by atoms with van der Waals surface area (Å²) in [4.78, 5) is 15.3. The maximum atomic E-state index is 12.4. The Balaban J connectivity index is 1.81. The highest BCUT2D eigenvalue weighted by Crippen LogP contribution is 2.29. The number of thioether (sulfide) groups is 1. The van der Waals surface area contributed by atoms with Gasteiger partial charge in [-0.25, -0.2) is 13.4 Å². The zero-order valence-electron chi connectivity index (χ0n) is 11.3. The normalized spacial score (nSPS) is 20.8. The second kappa shape index (κ2) is 6.45. The highest BCUT2D eigenvalue weighted by molar-refractivity contribution is 7.99. The first-order valence-corrected chi connectivity index (χ1v) is 9.12. The van der Waals surface area contributed by atoms with E-state index in [-0.39, 0.29) is 23.2 Å². The van der Waals surface area contributed by atoms with Crippen LogP contribution >= 0.6 is 11.8 Å². The van der Waals surface area contributed by atoms with Crippen LogP contribution in [0.4, 0.5) is 13.2 Å². The number of carbonyl (C=O) groups excluding carboxylic acids is 1. The molecule has 1 atom stereocenters. The number of rotatable bonds is 4. The summed E-state index contributed by atoms with van der Waals surface area (Å²) in [5, 5.41) is 2.89. The zero-order valence-corrected chi connectivity index (χ0v) is 12.9. The average Bonchev–Trinajstić information content (AvgIpc) is 2.75. The summed E-state index contributed by atoms with van der Waals surface area (Å²) >= 11 is 0.991. The molecule has 0 aliphatic carbocycles. The van der Waals surface area contributed by atoms with Crippen molar-refractivity contribution in [2.45, 2.75) is 23.7 Å². The lowest BCUT2D eigenvalue weighted by atomic mass is 10.3. The summed E-state index contributed by atoms with van der Waals surface area (Å²) in [5.41, 5.74) is -0.850. The monoisotopic (exact) mass is 354 g/mol. The molecule has 0 spiro atoms. The van der Waals surface area contributed by atoms with E-state index in [9.17, 15) is 26.4 Å². The van der Waals surface area contributed by atoms with Crippen molar-refractivity contribution in [1.82, 2.24) is 10.3 Å². The third-order valence-electron chi connectivity index (χ3n) is 3.01. The summed E-state index contributed by atoms with van der Waals surface area (Å²) in [6.45, 7) is 0. The van der Waals surface area contributed by atoms with Gasteiger partial charge in [0.05, 0.1) is 27.8 Å². The largest absolute Gasteiger partial charge is 0.417 e. The van der Waals surface area contributed by atoms with Crippen LogP contribution < -0.4 is 5.32 Å². The highest BCUT2D eigenvalue weighted by atomic mass is 32.2. The number of hydrogen-bond donors (Lipinski definition) is 1. The van der Waals surface area contributed by atoms with Crippen LogP contribution in [0, 0.1) is 0 Å². The van der Waals surface area contributed by atoms with Crippen molar-refractivity contribution in [1.29, 1.82) is 0 Å². The van der Waals surface area contributed by atoms with Crippen LogP contribution in [-0.4, -0.2) is 42.6 Å². The molecule has 1 fully saturated rings. The van der Waals surface area contributed by atoms with Gasteiger partial charge in [-0.1, -0.05) is 11.8 Å². The Hall–Kier alpha value is -1.29. The lowest BCUT2D eigenvalue weighted by Gasteiger charge is -2.10. The van der Waals surface area contributed by atoms with E-state index in [2.05, 4.69) is 10.3 Å². The predicted molar refractivity (Wildman–Crippen MR) is 75.2 cm³/mol. The number of alkyl halides is 3. The second-order valence-corrected chi connectivity index (χ2v) is 8.06. The maximum Gasteiger partial charge on any atom is 0.417 e. The molecule has 1 unspecified atom stereocenters. The molecule has 0 saturated carbocycles. The number of halogens is 3. The molecule has 122 valence electrons. The third-order valence-corrected chi connectivity index (χ3v) is 5.72. The van der Waals surface area contributed by atoms with Gasteiger partial charge in [-0.2, -0.15) is 13.2 Å². The first-order chi connectivity index (χ1) is 10.2. The van der Waals surface area contributed by atoms with Crippen LogP contribution in [0.3, 0.4) is 0 Å². The Morgan fingerprint density at radius 3 is 2.64 bits per heavy atom. The molecule has 5 nitrogen and oxygen atoms in total. The summed E-state index contributed by atoms with van der Waals surface area (Å²) in [6, 6.07) is 1.70. The molecular weight excluding hydrogens is 341 g/mol. The Morgan fingerprint density at radius 1 is 1.41 bits per heavy atom. The minimum Gasteiger partial charge on any atom is -0.352 e. The van der Waals surface area contributed by atoms with Gasteiger partial charge < -0.3 is 5.32 Å². The van der Waals surface area contributed by atoms with Gasteiger partial charge in [-0.3, -0.25) is 4.79 Å². The van der Waals surface area contributed by atoms with E-state index in [1.807, 2.05) is 0 Å². The van der Waals surface area contributed by atoms with E-state index >= 15 is 0 Å². The summed E-state index contributed by atoms with van der Waals surface area (Å²) in [6.07, 6.45) is -3.34. The fourth-order valence-corrected chi connectivity index (χ4v) is 4.28. The number of nitrogens with one attached hydrogen (secondary N) is 1. The van der Waals surface area contributed by atoms with Crippen LogP contribution in [-0.2, 0) is 20.8 Å². The van der Waals surface area contributed by atoms with Gasteiger partial charge in [-0.15, -0.1) is 0 Å². The van der Waals surface area contributed by atoms with Gasteiger partial charge in [0.2, 0.25) is 5.91 Å². The molecule has 0 radical (unpaired) electrons. The van der Waals surface area contributed by atoms with Crippen molar-refractivity contribution in [2.24, 2.45) is 0 Å². The summed E-state index contributed by atoms with van der Waals surface area (Å²) in [7, 11) is -3.07. The molecule has 1 aliphatic heterocycles. The van der Waals surface area contributed by atoms with E-state index in [4.69, 9.17) is 0 Å². The first-order valence-electron chi connectivity index (χ1n) is 6.31. The van der Waals surface area contributed by atoms with E-state index in [0.29, 0.717) is 17.6 Å². The number of hydrogen-bond acceptors (Lipinski definition) is 5. The van der Waals surface area contributed by atoms with E-state index < -0.39 is 27.6 Å². The molecular formula is C12H13F3N2O3S2. The number of sulfone groups is 1. The van der Waals surface area contributed by atoms with Crippen molar-refractivity contribution in [3.05, 3.63) is 23.9 Å². The Bertz CT molecular complexity index is 645. The van der Waals surface area contributed by atoms with Crippen LogP contribution in [0.15, 0.2) is 23.4 Å². The Labute approximate surface area is 129 Å². The number of amides is 1. The van der Waals surface area contributed by atoms with Crippen molar-refractivity contribution >= 4 is 27.5 Å². The SMILES string of the molecule is O=C(CSc1ccc(C(F)(F)F)cn1)NC1CCS(=O)(=O)C1. The number of pyridine rings is 1. The van der Waals surface area contributed by atoms with Crippen molar-refractivity contribution in [3.63, 3.8) is 0 Å². The molecule has 1 saturated heterocycles. The minimum absolute atomic E-state index is 0.0328. The molecule has 10 heteroatoms. The van der Waals surface area contributed by atoms with Crippen LogP contribution in [0.2, 0.25) is 0 Å². The molecule has 22 heavy (non-hydrogen) atoms. The third kappa shape index (κ3) is 4.87. The fraction of sp³-hybridized carbons (Fsp3) is 0.500. The molecule has 1 amide bonds. The summed E-state index contributed by atoms with van der Waals surface area (Å²) < 4.78 is 59.6. The topological polar surface area (TPSA) is 76.1 Å². The summed E-state index contributed by atoms with van der Waals surface area (Å²) in [5.74, 6) is -0.406. The fourth-order valence-electron chi connectivity index (χ4n) is 1.95. The highest BCUT2D eigenvalue weighted by Gasteiger charge is 2.31.